The van der Waals surface area contributed by atoms with Crippen molar-refractivity contribution in [3.8, 4) is 0 Å². The lowest BCUT2D eigenvalue weighted by Crippen LogP contribution is -2.27. The fraction of sp³-hybridized carbons (Fsp3) is 0.368. The Morgan fingerprint density at radius 1 is 1.05 bits per heavy atom. The van der Waals surface area contributed by atoms with E-state index in [1.165, 1.54) is 41.5 Å². The summed E-state index contributed by atoms with van der Waals surface area (Å²) in [6.07, 6.45) is 3.76. The molecule has 1 aliphatic rings. The number of hydrogen-bond donors (Lipinski definition) is 1. The van der Waals surface area contributed by atoms with Crippen LogP contribution >= 0.6 is 0 Å². The van der Waals surface area contributed by atoms with Gasteiger partial charge in [0.2, 0.25) is 0 Å². The van der Waals surface area contributed by atoms with Crippen LogP contribution in [0.2, 0.25) is 0 Å². The van der Waals surface area contributed by atoms with E-state index in [-0.39, 0.29) is 0 Å². The minimum absolute atomic E-state index is 0.395. The summed E-state index contributed by atoms with van der Waals surface area (Å²) in [4.78, 5) is 0. The Labute approximate surface area is 122 Å². The van der Waals surface area contributed by atoms with Crippen molar-refractivity contribution in [1.29, 1.82) is 0 Å². The van der Waals surface area contributed by atoms with Crippen LogP contribution in [0, 0.1) is 6.92 Å². The molecule has 2 aromatic carbocycles. The Hall–Kier alpha value is -1.60. The van der Waals surface area contributed by atoms with Crippen LogP contribution < -0.4 is 5.32 Å². The second kappa shape index (κ2) is 5.80. The highest BCUT2D eigenvalue weighted by atomic mass is 14.9. The van der Waals surface area contributed by atoms with Crippen molar-refractivity contribution in [2.24, 2.45) is 0 Å². The van der Waals surface area contributed by atoms with E-state index < -0.39 is 0 Å². The van der Waals surface area contributed by atoms with Crippen LogP contribution in [-0.4, -0.2) is 0 Å². The first kappa shape index (κ1) is 13.4. The number of nitrogens with one attached hydrogen (secondary N) is 1. The largest absolute Gasteiger partial charge is 0.303 e. The zero-order valence-electron chi connectivity index (χ0n) is 12.4. The lowest BCUT2D eigenvalue weighted by molar-refractivity contribution is 0.415. The Morgan fingerprint density at radius 2 is 1.80 bits per heavy atom. The van der Waals surface area contributed by atoms with Gasteiger partial charge in [-0.2, -0.15) is 0 Å². The van der Waals surface area contributed by atoms with Gasteiger partial charge in [0.15, 0.2) is 0 Å². The lowest BCUT2D eigenvalue weighted by Gasteiger charge is -2.29. The molecule has 2 atom stereocenters. The minimum atomic E-state index is 0.395. The molecular weight excluding hydrogens is 242 g/mol. The summed E-state index contributed by atoms with van der Waals surface area (Å²) in [5.74, 6) is 0. The molecule has 0 bridgehead atoms. The quantitative estimate of drug-likeness (QED) is 0.846. The van der Waals surface area contributed by atoms with E-state index in [9.17, 15) is 0 Å². The van der Waals surface area contributed by atoms with Crippen molar-refractivity contribution in [2.45, 2.75) is 45.2 Å². The van der Waals surface area contributed by atoms with Gasteiger partial charge >= 0.3 is 0 Å². The average Bonchev–Trinajstić information content (AvgIpc) is 2.48. The zero-order chi connectivity index (χ0) is 13.9. The standard InChI is InChI=1S/C19H23N/c1-14-10-12-16(13-11-14)15(2)20-19-9-5-7-17-6-3-4-8-18(17)19/h3-4,6,8,10-13,15,19-20H,5,7,9H2,1-2H3/t15-,19?/m1/s1. The highest BCUT2D eigenvalue weighted by molar-refractivity contribution is 5.33. The Balaban J connectivity index is 1.77. The molecule has 2 aromatic rings. The molecule has 0 radical (unpaired) electrons. The predicted octanol–water partition coefficient (Wildman–Crippen LogP) is 4.72. The molecule has 0 saturated carbocycles. The van der Waals surface area contributed by atoms with Crippen LogP contribution in [0.3, 0.4) is 0 Å². The van der Waals surface area contributed by atoms with Gasteiger partial charge in [-0.05, 0) is 49.8 Å². The van der Waals surface area contributed by atoms with Gasteiger partial charge in [0.25, 0.3) is 0 Å². The summed E-state index contributed by atoms with van der Waals surface area (Å²) in [7, 11) is 0. The Morgan fingerprint density at radius 3 is 2.60 bits per heavy atom. The molecule has 1 heteroatoms. The number of benzene rings is 2. The van der Waals surface area contributed by atoms with Crippen LogP contribution in [0.5, 0.6) is 0 Å². The summed E-state index contributed by atoms with van der Waals surface area (Å²) < 4.78 is 0. The number of hydrogen-bond acceptors (Lipinski definition) is 1. The predicted molar refractivity (Wildman–Crippen MR) is 84.9 cm³/mol. The molecule has 0 spiro atoms. The molecule has 1 N–H and O–H groups in total. The lowest BCUT2D eigenvalue weighted by atomic mass is 9.87. The van der Waals surface area contributed by atoms with Crippen LogP contribution in [0.15, 0.2) is 48.5 Å². The highest BCUT2D eigenvalue weighted by Gasteiger charge is 2.21. The fourth-order valence-electron chi connectivity index (χ4n) is 3.18. The van der Waals surface area contributed by atoms with E-state index in [1.54, 1.807) is 0 Å². The smallest absolute Gasteiger partial charge is 0.0328 e. The van der Waals surface area contributed by atoms with Gasteiger partial charge in [0.05, 0.1) is 0 Å². The third-order valence-corrected chi connectivity index (χ3v) is 4.40. The molecule has 0 aliphatic heterocycles. The molecule has 0 fully saturated rings. The molecule has 0 aromatic heterocycles. The monoisotopic (exact) mass is 265 g/mol. The molecule has 104 valence electrons. The van der Waals surface area contributed by atoms with Crippen LogP contribution in [-0.2, 0) is 6.42 Å². The number of rotatable bonds is 3. The van der Waals surface area contributed by atoms with Gasteiger partial charge in [-0.25, -0.2) is 0 Å². The molecule has 20 heavy (non-hydrogen) atoms. The fourth-order valence-corrected chi connectivity index (χ4v) is 3.18. The van der Waals surface area contributed by atoms with Gasteiger partial charge in [-0.3, -0.25) is 0 Å². The van der Waals surface area contributed by atoms with Crippen LogP contribution in [0.4, 0.5) is 0 Å². The van der Waals surface area contributed by atoms with E-state index in [1.807, 2.05) is 0 Å². The van der Waals surface area contributed by atoms with Crippen molar-refractivity contribution in [1.82, 2.24) is 5.32 Å². The van der Waals surface area contributed by atoms with Crippen molar-refractivity contribution < 1.29 is 0 Å². The molecule has 0 saturated heterocycles. The second-order valence-corrected chi connectivity index (χ2v) is 5.94. The van der Waals surface area contributed by atoms with Crippen LogP contribution in [0.1, 0.15) is 54.1 Å². The summed E-state index contributed by atoms with van der Waals surface area (Å²) in [5.41, 5.74) is 5.72. The van der Waals surface area contributed by atoms with E-state index in [2.05, 4.69) is 67.7 Å². The summed E-state index contributed by atoms with van der Waals surface area (Å²) in [5, 5.41) is 3.81. The van der Waals surface area contributed by atoms with Crippen LogP contribution in [0.25, 0.3) is 0 Å². The van der Waals surface area contributed by atoms with E-state index >= 15 is 0 Å². The molecule has 1 nitrogen and oxygen atoms in total. The van der Waals surface area contributed by atoms with Gasteiger partial charge < -0.3 is 5.32 Å². The first-order chi connectivity index (χ1) is 9.74. The normalized spacial score (nSPS) is 19.4. The van der Waals surface area contributed by atoms with Gasteiger partial charge in [-0.15, -0.1) is 0 Å². The third kappa shape index (κ3) is 2.78. The maximum absolute atomic E-state index is 3.81. The molecule has 0 amide bonds. The molecule has 1 unspecified atom stereocenters. The van der Waals surface area contributed by atoms with Gasteiger partial charge in [0.1, 0.15) is 0 Å². The first-order valence-electron chi connectivity index (χ1n) is 7.64. The third-order valence-electron chi connectivity index (χ3n) is 4.40. The summed E-state index contributed by atoms with van der Waals surface area (Å²) in [6, 6.07) is 18.6. The van der Waals surface area contributed by atoms with Gasteiger partial charge in [0, 0.05) is 12.1 Å². The highest BCUT2D eigenvalue weighted by Crippen LogP contribution is 2.31. The second-order valence-electron chi connectivity index (χ2n) is 5.94. The Bertz CT molecular complexity index is 571. The first-order valence-corrected chi connectivity index (χ1v) is 7.64. The molecule has 3 rings (SSSR count). The SMILES string of the molecule is Cc1ccc([C@@H](C)NC2CCCc3ccccc32)cc1. The Kier molecular flexibility index (Phi) is 3.88. The summed E-state index contributed by atoms with van der Waals surface area (Å²) in [6.45, 7) is 4.40. The summed E-state index contributed by atoms with van der Waals surface area (Å²) >= 11 is 0. The molecule has 1 aliphatic carbocycles. The van der Waals surface area contributed by atoms with Gasteiger partial charge in [-0.1, -0.05) is 54.1 Å². The number of fused-ring (bicyclic) bond motifs is 1. The maximum Gasteiger partial charge on any atom is 0.0328 e. The average molecular weight is 265 g/mol. The minimum Gasteiger partial charge on any atom is -0.303 e. The maximum atomic E-state index is 3.81. The van der Waals surface area contributed by atoms with Crippen molar-refractivity contribution >= 4 is 0 Å². The molecular formula is C19H23N. The molecule has 0 heterocycles. The number of aryl methyl sites for hydroxylation is 2. The van der Waals surface area contributed by atoms with Crippen molar-refractivity contribution in [2.75, 3.05) is 0 Å². The van der Waals surface area contributed by atoms with E-state index in [0.29, 0.717) is 12.1 Å². The van der Waals surface area contributed by atoms with E-state index in [0.717, 1.165) is 0 Å². The van der Waals surface area contributed by atoms with Crippen molar-refractivity contribution in [3.05, 3.63) is 70.8 Å². The van der Waals surface area contributed by atoms with Crippen molar-refractivity contribution in [3.63, 3.8) is 0 Å². The zero-order valence-corrected chi connectivity index (χ0v) is 12.4. The topological polar surface area (TPSA) is 12.0 Å². The van der Waals surface area contributed by atoms with E-state index in [4.69, 9.17) is 0 Å².